The van der Waals surface area contributed by atoms with E-state index in [1.54, 1.807) is 19.1 Å². The number of aromatic nitrogens is 2. The lowest BCUT2D eigenvalue weighted by Crippen LogP contribution is -2.23. The van der Waals surface area contributed by atoms with Crippen molar-refractivity contribution in [2.75, 3.05) is 0 Å². The van der Waals surface area contributed by atoms with Gasteiger partial charge in [-0.1, -0.05) is 29.4 Å². The predicted molar refractivity (Wildman–Crippen MR) is 84.9 cm³/mol. The van der Waals surface area contributed by atoms with Crippen molar-refractivity contribution < 1.29 is 17.3 Å². The summed E-state index contributed by atoms with van der Waals surface area (Å²) in [6, 6.07) is 11.9. The lowest BCUT2D eigenvalue weighted by Gasteiger charge is -2.07. The number of hydrogen-bond donors (Lipinski definition) is 1. The van der Waals surface area contributed by atoms with E-state index in [0.717, 1.165) is 0 Å². The number of nitrogens with zero attached hydrogens (tertiary/aromatic N) is 2. The van der Waals surface area contributed by atoms with Crippen LogP contribution in [-0.2, 0) is 16.6 Å². The van der Waals surface area contributed by atoms with Crippen LogP contribution in [0.1, 0.15) is 11.5 Å². The monoisotopic (exact) mass is 347 g/mol. The predicted octanol–water partition coefficient (Wildman–Crippen LogP) is 2.66. The molecule has 3 rings (SSSR count). The number of aryl methyl sites for hydroxylation is 1. The van der Waals surface area contributed by atoms with Crippen LogP contribution >= 0.6 is 0 Å². The molecule has 2 aromatic carbocycles. The van der Waals surface area contributed by atoms with Crippen molar-refractivity contribution in [2.24, 2.45) is 0 Å². The topological polar surface area (TPSA) is 85.1 Å². The van der Waals surface area contributed by atoms with Crippen molar-refractivity contribution in [3.05, 3.63) is 65.8 Å². The van der Waals surface area contributed by atoms with E-state index in [-0.39, 0.29) is 17.3 Å². The van der Waals surface area contributed by atoms with E-state index in [2.05, 4.69) is 14.9 Å². The highest BCUT2D eigenvalue weighted by atomic mass is 32.2. The highest BCUT2D eigenvalue weighted by molar-refractivity contribution is 7.89. The smallest absolute Gasteiger partial charge is 0.240 e. The normalized spacial score (nSPS) is 11.6. The molecule has 0 amide bonds. The van der Waals surface area contributed by atoms with Gasteiger partial charge in [-0.05, 0) is 29.8 Å². The van der Waals surface area contributed by atoms with Crippen molar-refractivity contribution in [1.29, 1.82) is 0 Å². The Labute approximate surface area is 138 Å². The summed E-state index contributed by atoms with van der Waals surface area (Å²) in [4.78, 5) is 4.16. The molecule has 0 saturated carbocycles. The number of hydrogen-bond acceptors (Lipinski definition) is 5. The van der Waals surface area contributed by atoms with Gasteiger partial charge in [0.25, 0.3) is 0 Å². The van der Waals surface area contributed by atoms with Gasteiger partial charge < -0.3 is 4.52 Å². The van der Waals surface area contributed by atoms with Crippen LogP contribution in [0.15, 0.2) is 57.9 Å². The van der Waals surface area contributed by atoms with E-state index in [1.165, 1.54) is 36.4 Å². The molecular formula is C16H14FN3O3S. The van der Waals surface area contributed by atoms with E-state index in [9.17, 15) is 12.8 Å². The van der Waals surface area contributed by atoms with Crippen LogP contribution in [-0.4, -0.2) is 18.6 Å². The Balaban J connectivity index is 1.80. The first kappa shape index (κ1) is 16.3. The average molecular weight is 347 g/mol. The first-order valence-electron chi connectivity index (χ1n) is 7.09. The lowest BCUT2D eigenvalue weighted by molar-refractivity contribution is 0.394. The number of halogens is 1. The maximum atomic E-state index is 12.9. The first-order valence-corrected chi connectivity index (χ1v) is 8.57. The molecule has 0 radical (unpaired) electrons. The van der Waals surface area contributed by atoms with Crippen LogP contribution in [0.25, 0.3) is 11.4 Å². The van der Waals surface area contributed by atoms with Crippen molar-refractivity contribution in [1.82, 2.24) is 14.9 Å². The molecule has 0 aliphatic heterocycles. The maximum absolute atomic E-state index is 12.9. The van der Waals surface area contributed by atoms with Gasteiger partial charge in [-0.3, -0.25) is 0 Å². The molecule has 6 nitrogen and oxygen atoms in total. The third-order valence-corrected chi connectivity index (χ3v) is 4.71. The molecule has 1 N–H and O–H groups in total. The van der Waals surface area contributed by atoms with Crippen molar-refractivity contribution in [3.63, 3.8) is 0 Å². The van der Waals surface area contributed by atoms with Crippen LogP contribution in [0.5, 0.6) is 0 Å². The average Bonchev–Trinajstić information content (AvgIpc) is 3.01. The summed E-state index contributed by atoms with van der Waals surface area (Å²) in [5.41, 5.74) is 1.20. The largest absolute Gasteiger partial charge is 0.339 e. The molecule has 0 fully saturated rings. The van der Waals surface area contributed by atoms with Crippen molar-refractivity contribution >= 4 is 10.0 Å². The van der Waals surface area contributed by atoms with E-state index in [4.69, 9.17) is 4.52 Å². The minimum Gasteiger partial charge on any atom is -0.339 e. The fourth-order valence-electron chi connectivity index (χ4n) is 2.08. The quantitative estimate of drug-likeness (QED) is 0.767. The van der Waals surface area contributed by atoms with E-state index in [1.807, 2.05) is 0 Å². The van der Waals surface area contributed by atoms with E-state index in [0.29, 0.717) is 22.8 Å². The Morgan fingerprint density at radius 3 is 2.58 bits per heavy atom. The fourth-order valence-corrected chi connectivity index (χ4v) is 3.15. The molecule has 8 heteroatoms. The van der Waals surface area contributed by atoms with Gasteiger partial charge in [0.1, 0.15) is 5.82 Å². The molecule has 0 aliphatic carbocycles. The zero-order valence-electron chi connectivity index (χ0n) is 12.7. The standard InChI is InChI=1S/C16H14FN3O3S/c1-11-19-16(20-23-11)13-3-2-4-15(9-13)24(21,22)18-10-12-5-7-14(17)8-6-12/h2-9,18H,10H2,1H3. The van der Waals surface area contributed by atoms with Crippen molar-refractivity contribution in [3.8, 4) is 11.4 Å². The maximum Gasteiger partial charge on any atom is 0.240 e. The molecule has 124 valence electrons. The second-order valence-electron chi connectivity index (χ2n) is 5.12. The minimum atomic E-state index is -3.72. The summed E-state index contributed by atoms with van der Waals surface area (Å²) >= 11 is 0. The summed E-state index contributed by atoms with van der Waals surface area (Å²) in [5, 5.41) is 3.77. The number of sulfonamides is 1. The van der Waals surface area contributed by atoms with Gasteiger partial charge in [0.2, 0.25) is 21.7 Å². The Morgan fingerprint density at radius 1 is 1.17 bits per heavy atom. The molecule has 24 heavy (non-hydrogen) atoms. The Hall–Kier alpha value is -2.58. The lowest BCUT2D eigenvalue weighted by atomic mass is 10.2. The fraction of sp³-hybridized carbons (Fsp3) is 0.125. The molecule has 1 heterocycles. The molecule has 1 aromatic heterocycles. The molecular weight excluding hydrogens is 333 g/mol. The molecule has 0 aliphatic rings. The third kappa shape index (κ3) is 3.66. The molecule has 0 unspecified atom stereocenters. The third-order valence-electron chi connectivity index (χ3n) is 3.31. The summed E-state index contributed by atoms with van der Waals surface area (Å²) in [5.74, 6) is 0.348. The second-order valence-corrected chi connectivity index (χ2v) is 6.88. The summed E-state index contributed by atoms with van der Waals surface area (Å²) < 4.78 is 45.1. The Morgan fingerprint density at radius 2 is 1.92 bits per heavy atom. The Bertz CT molecular complexity index is 953. The zero-order valence-corrected chi connectivity index (χ0v) is 13.5. The highest BCUT2D eigenvalue weighted by Crippen LogP contribution is 2.20. The summed E-state index contributed by atoms with van der Waals surface area (Å²) in [6.45, 7) is 1.72. The van der Waals surface area contributed by atoms with Crippen LogP contribution in [0.2, 0.25) is 0 Å². The van der Waals surface area contributed by atoms with Gasteiger partial charge >= 0.3 is 0 Å². The van der Waals surface area contributed by atoms with Crippen molar-refractivity contribution in [2.45, 2.75) is 18.4 Å². The second kappa shape index (κ2) is 6.50. The van der Waals surface area contributed by atoms with Gasteiger partial charge in [0, 0.05) is 19.0 Å². The van der Waals surface area contributed by atoms with Gasteiger partial charge in [0.05, 0.1) is 4.90 Å². The van der Waals surface area contributed by atoms with Crippen LogP contribution in [0, 0.1) is 12.7 Å². The van der Waals surface area contributed by atoms with Gasteiger partial charge in [-0.15, -0.1) is 0 Å². The van der Waals surface area contributed by atoms with Crippen LogP contribution in [0.3, 0.4) is 0 Å². The van der Waals surface area contributed by atoms with E-state index >= 15 is 0 Å². The molecule has 0 atom stereocenters. The summed E-state index contributed by atoms with van der Waals surface area (Å²) in [6.07, 6.45) is 0. The highest BCUT2D eigenvalue weighted by Gasteiger charge is 2.16. The number of rotatable bonds is 5. The molecule has 0 spiro atoms. The number of benzene rings is 2. The molecule has 0 saturated heterocycles. The molecule has 0 bridgehead atoms. The van der Waals surface area contributed by atoms with Crippen LogP contribution < -0.4 is 4.72 Å². The minimum absolute atomic E-state index is 0.0637. The van der Waals surface area contributed by atoms with Gasteiger partial charge in [0.15, 0.2) is 0 Å². The molecule has 3 aromatic rings. The number of nitrogens with one attached hydrogen (secondary N) is 1. The van der Waals surface area contributed by atoms with Gasteiger partial charge in [-0.2, -0.15) is 4.98 Å². The van der Waals surface area contributed by atoms with E-state index < -0.39 is 10.0 Å². The zero-order chi connectivity index (χ0) is 17.2. The first-order chi connectivity index (χ1) is 11.4. The Kier molecular flexibility index (Phi) is 4.41. The van der Waals surface area contributed by atoms with Crippen LogP contribution in [0.4, 0.5) is 4.39 Å². The SMILES string of the molecule is Cc1nc(-c2cccc(S(=O)(=O)NCc3ccc(F)cc3)c2)no1. The summed E-state index contributed by atoms with van der Waals surface area (Å²) in [7, 11) is -3.72. The van der Waals surface area contributed by atoms with Gasteiger partial charge in [-0.25, -0.2) is 17.5 Å².